The third-order valence-electron chi connectivity index (χ3n) is 3.54. The minimum atomic E-state index is -4.46. The second-order valence-corrected chi connectivity index (χ2v) is 6.60. The van der Waals surface area contributed by atoms with Gasteiger partial charge in [-0.25, -0.2) is 14.6 Å². The molecule has 0 aliphatic heterocycles. The van der Waals surface area contributed by atoms with Crippen molar-refractivity contribution in [2.45, 2.75) is 25.9 Å². The number of pyridine rings is 1. The first-order valence-corrected chi connectivity index (χ1v) is 8.47. The molecular formula is C16H14F3N5OS. The minimum Gasteiger partial charge on any atom is -0.298 e. The fraction of sp³-hybridized carbons (Fsp3) is 0.250. The summed E-state index contributed by atoms with van der Waals surface area (Å²) in [5.74, 6) is -0.296. The highest BCUT2D eigenvalue weighted by molar-refractivity contribution is 7.13. The van der Waals surface area contributed by atoms with Crippen LogP contribution in [0.5, 0.6) is 0 Å². The number of hydrogen-bond donors (Lipinski definition) is 1. The Kier molecular flexibility index (Phi) is 4.77. The zero-order chi connectivity index (χ0) is 18.9. The molecular weight excluding hydrogens is 367 g/mol. The molecule has 0 saturated heterocycles. The summed E-state index contributed by atoms with van der Waals surface area (Å²) in [5, 5.41) is 9.00. The van der Waals surface area contributed by atoms with Gasteiger partial charge >= 0.3 is 6.18 Å². The van der Waals surface area contributed by atoms with E-state index in [1.165, 1.54) is 28.3 Å². The molecule has 1 N–H and O–H groups in total. The predicted molar refractivity (Wildman–Crippen MR) is 90.5 cm³/mol. The standard InChI is InChI=1S/C16H14F3N5OS/c1-9(2)13-11(14(25)23-15-20-5-6-26-15)8-22-24(13)12-4-3-10(7-21-12)16(17,18)19/h3-9H,1-2H3,(H,20,23,25). The molecule has 0 bridgehead atoms. The van der Waals surface area contributed by atoms with Crippen molar-refractivity contribution in [2.75, 3.05) is 5.32 Å². The summed E-state index contributed by atoms with van der Waals surface area (Å²) in [7, 11) is 0. The lowest BCUT2D eigenvalue weighted by molar-refractivity contribution is -0.137. The van der Waals surface area contributed by atoms with E-state index in [0.717, 1.165) is 12.3 Å². The predicted octanol–water partition coefficient (Wildman–Crippen LogP) is 4.12. The van der Waals surface area contributed by atoms with E-state index in [2.05, 4.69) is 20.4 Å². The van der Waals surface area contributed by atoms with Crippen molar-refractivity contribution in [3.05, 3.63) is 52.9 Å². The topological polar surface area (TPSA) is 72.7 Å². The normalized spacial score (nSPS) is 11.8. The third kappa shape index (κ3) is 3.59. The van der Waals surface area contributed by atoms with Crippen molar-refractivity contribution in [3.63, 3.8) is 0 Å². The summed E-state index contributed by atoms with van der Waals surface area (Å²) in [5.41, 5.74) is 0.0180. The first-order valence-electron chi connectivity index (χ1n) is 7.59. The van der Waals surface area contributed by atoms with Crippen molar-refractivity contribution in [1.82, 2.24) is 19.7 Å². The van der Waals surface area contributed by atoms with Crippen LogP contribution >= 0.6 is 11.3 Å². The Morgan fingerprint density at radius 1 is 1.23 bits per heavy atom. The summed E-state index contributed by atoms with van der Waals surface area (Å²) in [6, 6.07) is 2.16. The van der Waals surface area contributed by atoms with Gasteiger partial charge in [-0.05, 0) is 18.1 Å². The molecule has 0 fully saturated rings. The van der Waals surface area contributed by atoms with E-state index in [0.29, 0.717) is 16.4 Å². The molecule has 0 atom stereocenters. The number of thiazole rings is 1. The molecule has 6 nitrogen and oxygen atoms in total. The number of nitrogens with one attached hydrogen (secondary N) is 1. The number of anilines is 1. The molecule has 3 aromatic heterocycles. The Morgan fingerprint density at radius 3 is 2.54 bits per heavy atom. The van der Waals surface area contributed by atoms with Crippen molar-refractivity contribution in [2.24, 2.45) is 0 Å². The van der Waals surface area contributed by atoms with Gasteiger partial charge in [0.2, 0.25) is 0 Å². The van der Waals surface area contributed by atoms with Gasteiger partial charge in [0.1, 0.15) is 0 Å². The van der Waals surface area contributed by atoms with E-state index in [-0.39, 0.29) is 17.6 Å². The van der Waals surface area contributed by atoms with Crippen LogP contribution in [0, 0.1) is 0 Å². The van der Waals surface area contributed by atoms with Gasteiger partial charge in [0.05, 0.1) is 23.0 Å². The molecule has 0 aliphatic rings. The first-order chi connectivity index (χ1) is 12.3. The number of alkyl halides is 3. The molecule has 0 radical (unpaired) electrons. The average Bonchev–Trinajstić information content (AvgIpc) is 3.23. The molecule has 3 heterocycles. The van der Waals surface area contributed by atoms with Crippen LogP contribution in [0.15, 0.2) is 36.1 Å². The first kappa shape index (κ1) is 18.1. The largest absolute Gasteiger partial charge is 0.417 e. The van der Waals surface area contributed by atoms with Gasteiger partial charge in [0, 0.05) is 17.8 Å². The highest BCUT2D eigenvalue weighted by atomic mass is 32.1. The third-order valence-corrected chi connectivity index (χ3v) is 4.23. The maximum absolute atomic E-state index is 12.7. The SMILES string of the molecule is CC(C)c1c(C(=O)Nc2nccs2)cnn1-c1ccc(C(F)(F)F)cn1. The van der Waals surface area contributed by atoms with E-state index >= 15 is 0 Å². The van der Waals surface area contributed by atoms with Gasteiger partial charge in [0.25, 0.3) is 5.91 Å². The summed E-state index contributed by atoms with van der Waals surface area (Å²) in [4.78, 5) is 20.3. The van der Waals surface area contributed by atoms with Crippen LogP contribution in [0.3, 0.4) is 0 Å². The molecule has 1 amide bonds. The van der Waals surface area contributed by atoms with Crippen molar-refractivity contribution in [1.29, 1.82) is 0 Å². The van der Waals surface area contributed by atoms with Crippen LogP contribution in [-0.4, -0.2) is 25.7 Å². The Morgan fingerprint density at radius 2 is 2.00 bits per heavy atom. The molecule has 0 aliphatic carbocycles. The summed E-state index contributed by atoms with van der Waals surface area (Å²) in [6.45, 7) is 3.72. The quantitative estimate of drug-likeness (QED) is 0.738. The van der Waals surface area contributed by atoms with Crippen molar-refractivity contribution < 1.29 is 18.0 Å². The van der Waals surface area contributed by atoms with E-state index in [1.54, 1.807) is 11.6 Å². The smallest absolute Gasteiger partial charge is 0.298 e. The van der Waals surface area contributed by atoms with Crippen molar-refractivity contribution in [3.8, 4) is 5.82 Å². The van der Waals surface area contributed by atoms with Gasteiger partial charge in [-0.2, -0.15) is 18.3 Å². The van der Waals surface area contributed by atoms with Gasteiger partial charge in [-0.15, -0.1) is 11.3 Å². The van der Waals surface area contributed by atoms with Gasteiger partial charge < -0.3 is 0 Å². The number of halogens is 3. The van der Waals surface area contributed by atoms with E-state index < -0.39 is 11.7 Å². The van der Waals surface area contributed by atoms with Gasteiger partial charge in [-0.3, -0.25) is 10.1 Å². The lowest BCUT2D eigenvalue weighted by Crippen LogP contribution is -2.15. The minimum absolute atomic E-state index is 0.112. The molecule has 10 heteroatoms. The number of amides is 1. The Balaban J connectivity index is 1.96. The zero-order valence-electron chi connectivity index (χ0n) is 13.8. The van der Waals surface area contributed by atoms with Crippen LogP contribution in [0.25, 0.3) is 5.82 Å². The summed E-state index contributed by atoms with van der Waals surface area (Å²) >= 11 is 1.28. The van der Waals surface area contributed by atoms with Crippen LogP contribution in [0.2, 0.25) is 0 Å². The molecule has 0 aromatic carbocycles. The highest BCUT2D eigenvalue weighted by Gasteiger charge is 2.31. The molecule has 3 aromatic rings. The van der Waals surface area contributed by atoms with E-state index in [9.17, 15) is 18.0 Å². The molecule has 0 spiro atoms. The second-order valence-electron chi connectivity index (χ2n) is 5.70. The molecule has 26 heavy (non-hydrogen) atoms. The molecule has 136 valence electrons. The lowest BCUT2D eigenvalue weighted by atomic mass is 10.1. The number of nitrogens with zero attached hydrogens (tertiary/aromatic N) is 4. The zero-order valence-corrected chi connectivity index (χ0v) is 14.6. The highest BCUT2D eigenvalue weighted by Crippen LogP contribution is 2.29. The summed E-state index contributed by atoms with van der Waals surface area (Å²) in [6.07, 6.45) is -0.775. The Labute approximate surface area is 150 Å². The number of carbonyl (C=O) groups excluding carboxylic acids is 1. The molecule has 3 rings (SSSR count). The average molecular weight is 381 g/mol. The lowest BCUT2D eigenvalue weighted by Gasteiger charge is -2.13. The van der Waals surface area contributed by atoms with Crippen molar-refractivity contribution >= 4 is 22.4 Å². The number of aromatic nitrogens is 4. The molecule has 0 unspecified atom stereocenters. The van der Waals surface area contributed by atoms with E-state index in [1.807, 2.05) is 13.8 Å². The van der Waals surface area contributed by atoms with Crippen LogP contribution in [-0.2, 0) is 6.18 Å². The Hall–Kier alpha value is -2.75. The van der Waals surface area contributed by atoms with Crippen LogP contribution in [0.4, 0.5) is 18.3 Å². The maximum Gasteiger partial charge on any atom is 0.417 e. The molecule has 0 saturated carbocycles. The van der Waals surface area contributed by atoms with Crippen LogP contribution in [0.1, 0.15) is 41.4 Å². The van der Waals surface area contributed by atoms with E-state index in [4.69, 9.17) is 0 Å². The number of carbonyl (C=O) groups is 1. The van der Waals surface area contributed by atoms with Gasteiger partial charge in [0.15, 0.2) is 10.9 Å². The fourth-order valence-electron chi connectivity index (χ4n) is 2.40. The maximum atomic E-state index is 12.7. The summed E-state index contributed by atoms with van der Waals surface area (Å²) < 4.78 is 39.5. The second kappa shape index (κ2) is 6.87. The van der Waals surface area contributed by atoms with Gasteiger partial charge in [-0.1, -0.05) is 13.8 Å². The van der Waals surface area contributed by atoms with Crippen LogP contribution < -0.4 is 5.32 Å². The number of hydrogen-bond acceptors (Lipinski definition) is 5. The number of rotatable bonds is 4. The monoisotopic (exact) mass is 381 g/mol. The Bertz CT molecular complexity index is 901. The fourth-order valence-corrected chi connectivity index (χ4v) is 2.92.